The van der Waals surface area contributed by atoms with Crippen molar-refractivity contribution in [3.63, 3.8) is 0 Å². The number of unbranched alkanes of at least 4 members (excludes halogenated alkanes) is 3. The maximum atomic E-state index is 14.5. The van der Waals surface area contributed by atoms with Crippen LogP contribution in [0.15, 0.2) is 0 Å². The Hall–Kier alpha value is -4.26. The molecule has 0 N–H and O–H groups in total. The Balaban J connectivity index is 0.000000167. The van der Waals surface area contributed by atoms with Crippen molar-refractivity contribution in [2.24, 2.45) is 0 Å². The van der Waals surface area contributed by atoms with Gasteiger partial charge in [0.25, 0.3) is 0 Å². The fourth-order valence-corrected chi connectivity index (χ4v) is 43.4. The standard InChI is InChI=1S/C20H27B2F3N2O4S.C14H15B2F3N2O4S.C12H15B2F3N2O2S.2C9H6F3N2S.3C4H9.3CH3.2Sn/c1-10-11(20(23,24)25)13(22-30-18(6,7)19(8,9)31-22)15-14(26-32-27-15)12(10)21-28-16(2,3)17(4,5)29-21;1-8-9(14(17,18)19)11(16-24-6-3-7-25-16)13-12(20-26-21-13)10(8)15-22-4-2-5-23-15;1-6-7(12(15,16)17)9(14(20-4)21-5)11-10(18-22-19-11)8(6)13(2)3;2*1-4-5(2)8-7(13-15-14-8)3-6(4)9(10,11)12;3*1-3-4-2;;;;;/h1-9H3;2-7H2,1H3;1-5H3;2*1-2H3;3*1,3-4H2,2H3;3*1H3;;. The molecule has 4 aliphatic rings. The molecule has 0 unspecified atom stereocenters. The van der Waals surface area contributed by atoms with E-state index in [-0.39, 0.29) is 72.8 Å². The minimum absolute atomic E-state index is 0.0115. The summed E-state index contributed by atoms with van der Waals surface area (Å²) < 4.78 is 313. The van der Waals surface area contributed by atoms with Crippen LogP contribution in [0.5, 0.6) is 0 Å². The average molecular weight is 2100 g/mol. The second-order valence-electron chi connectivity index (χ2n) is 35.6. The number of benzene rings is 5. The van der Waals surface area contributed by atoms with Gasteiger partial charge in [0, 0.05) is 68.0 Å². The fraction of sp³-hybridized carbons (Fsp3) is 0.620. The number of fused-ring (bicyclic) bond motifs is 5. The van der Waals surface area contributed by atoms with Crippen LogP contribution in [0.3, 0.4) is 0 Å². The van der Waals surface area contributed by atoms with Crippen molar-refractivity contribution in [1.82, 2.24) is 43.7 Å². The molecule has 0 amide bonds. The van der Waals surface area contributed by atoms with Crippen LogP contribution >= 0.6 is 58.6 Å². The van der Waals surface area contributed by atoms with E-state index in [1.165, 1.54) is 41.9 Å². The Kier molecular flexibility index (Phi) is 33.3. The summed E-state index contributed by atoms with van der Waals surface area (Å²) in [4.78, 5) is 5.94. The Labute approximate surface area is 761 Å². The van der Waals surface area contributed by atoms with Gasteiger partial charge >= 0.3 is 348 Å². The quantitative estimate of drug-likeness (QED) is 0.0542. The molecule has 48 heteroatoms. The van der Waals surface area contributed by atoms with E-state index in [4.69, 9.17) is 46.5 Å². The summed E-state index contributed by atoms with van der Waals surface area (Å²) in [5.41, 5.74) is 0.416. The van der Waals surface area contributed by atoms with E-state index in [2.05, 4.69) is 64.5 Å². The molecule has 4 fully saturated rings. The van der Waals surface area contributed by atoms with Crippen molar-refractivity contribution in [1.29, 1.82) is 0 Å². The van der Waals surface area contributed by atoms with Crippen LogP contribution in [0.25, 0.3) is 55.2 Å². The number of hydrogen-bond donors (Lipinski definition) is 0. The molecule has 0 radical (unpaired) electrons. The summed E-state index contributed by atoms with van der Waals surface area (Å²) >= 11 is -1.71. The van der Waals surface area contributed by atoms with Crippen LogP contribution < -0.4 is 39.9 Å². The number of halogens is 15. The SMILES string of the molecule is CCC[CH2][Sn]([CH2]CCC)([CH2]CCC)[c]1c(C(F)(F)F)c(C)c(C)c2nsnc12.COB(OC)c1c(C(F)(F)F)c(C)c(B(C)C)c2nsnc12.Cc1c(C(F)(F)F)[c]([Sn]([CH3])([CH3])[CH3])c2nsnc2c1C.Cc1c(C(F)(F)F)c(B2OC(C)(C)C(C)(C)O2)c2nsnc2c1B1OC(C)(C)C(C)(C)O1.Cc1c(C(F)(F)F)c(B2OCCCO2)c2nsnc2c1B1OCCCO1. The first-order chi connectivity index (χ1) is 58.9. The second kappa shape index (κ2) is 40.3. The van der Waals surface area contributed by atoms with Gasteiger partial charge in [-0.25, -0.2) is 0 Å². The van der Waals surface area contributed by atoms with Crippen molar-refractivity contribution in [2.45, 2.75) is 271 Å². The number of aryl methyl sites for hydroxylation is 2. The molecule has 5 aromatic heterocycles. The third-order valence-electron chi connectivity index (χ3n) is 24.7. The largest absolute Gasteiger partial charge is 0.497 e. The molecular formula is C79H105B6F15N10O10S5Sn2. The molecule has 20 nitrogen and oxygen atoms in total. The van der Waals surface area contributed by atoms with Gasteiger partial charge < -0.3 is 46.5 Å². The zero-order chi connectivity index (χ0) is 94.6. The topological polar surface area (TPSA) is 221 Å². The van der Waals surface area contributed by atoms with Gasteiger partial charge in [0.15, 0.2) is 6.71 Å². The van der Waals surface area contributed by atoms with Gasteiger partial charge in [-0.1, -0.05) is 13.6 Å². The number of nitrogens with zero attached hydrogens (tertiary/aromatic N) is 10. The Morgan fingerprint density at radius 2 is 0.622 bits per heavy atom. The maximum Gasteiger partial charge on any atom is 0.497 e. The van der Waals surface area contributed by atoms with Gasteiger partial charge in [0.05, 0.1) is 79.8 Å². The summed E-state index contributed by atoms with van der Waals surface area (Å²) in [5.74, 6) is 0. The van der Waals surface area contributed by atoms with Gasteiger partial charge in [0.2, 0.25) is 0 Å². The molecule has 692 valence electrons. The fourth-order valence-electron chi connectivity index (χ4n) is 16.9. The molecule has 127 heavy (non-hydrogen) atoms. The number of aromatic nitrogens is 10. The third kappa shape index (κ3) is 21.5. The first-order valence-corrected chi connectivity index (χ1v) is 63.0. The molecule has 0 atom stereocenters. The van der Waals surface area contributed by atoms with E-state index in [1.54, 1.807) is 48.5 Å². The summed E-state index contributed by atoms with van der Waals surface area (Å²) in [6, 6.07) is 0. The van der Waals surface area contributed by atoms with E-state index < -0.39 is 148 Å². The average Bonchev–Trinajstić information content (AvgIpc) is 1.54. The Morgan fingerprint density at radius 1 is 0.346 bits per heavy atom. The van der Waals surface area contributed by atoms with Crippen molar-refractivity contribution in [3.8, 4) is 0 Å². The molecule has 4 aliphatic heterocycles. The molecule has 4 saturated heterocycles. The molecular weight excluding hydrogens is 2000 g/mol. The van der Waals surface area contributed by atoms with Gasteiger partial charge in [-0.05, 0) is 111 Å². The summed E-state index contributed by atoms with van der Waals surface area (Å²) in [6.07, 6.45) is -15.0. The molecule has 0 bridgehead atoms. The molecule has 0 aliphatic carbocycles. The second-order valence-corrected chi connectivity index (χ2v) is 65.5. The van der Waals surface area contributed by atoms with Crippen LogP contribution in [0.2, 0.25) is 41.8 Å². The van der Waals surface area contributed by atoms with E-state index in [9.17, 15) is 65.9 Å². The first-order valence-electron chi connectivity index (χ1n) is 41.9. The predicted molar refractivity (Wildman–Crippen MR) is 485 cm³/mol. The summed E-state index contributed by atoms with van der Waals surface area (Å²) in [6.45, 7) is 37.0. The molecule has 9 heterocycles. The van der Waals surface area contributed by atoms with Crippen molar-refractivity contribution >= 4 is 233 Å². The van der Waals surface area contributed by atoms with Crippen molar-refractivity contribution in [3.05, 3.63) is 66.8 Å². The predicted octanol–water partition coefficient (Wildman–Crippen LogP) is 18.1. The van der Waals surface area contributed by atoms with Crippen LogP contribution in [0.1, 0.15) is 194 Å². The number of hydrogen-bond acceptors (Lipinski definition) is 25. The monoisotopic (exact) mass is 2100 g/mol. The van der Waals surface area contributed by atoms with Gasteiger partial charge in [-0.15, -0.1) is 0 Å². The molecule has 0 saturated carbocycles. The van der Waals surface area contributed by atoms with Crippen molar-refractivity contribution in [2.75, 3.05) is 40.6 Å². The van der Waals surface area contributed by atoms with E-state index in [0.29, 0.717) is 113 Å². The minimum Gasteiger partial charge on any atom is -0.407 e. The Bertz CT molecular complexity index is 5510. The summed E-state index contributed by atoms with van der Waals surface area (Å²) in [7, 11) is -2.82. The third-order valence-corrected chi connectivity index (χ3v) is 48.7. The van der Waals surface area contributed by atoms with Crippen molar-refractivity contribution < 1.29 is 112 Å². The van der Waals surface area contributed by atoms with Crippen LogP contribution in [-0.2, 0) is 77.4 Å². The van der Waals surface area contributed by atoms with E-state index in [1.807, 2.05) is 56.2 Å². The molecule has 10 aromatic rings. The Morgan fingerprint density at radius 3 is 0.945 bits per heavy atom. The minimum atomic E-state index is -4.68. The molecule has 5 aromatic carbocycles. The van der Waals surface area contributed by atoms with Gasteiger partial charge in [-0.3, -0.25) is 0 Å². The smallest absolute Gasteiger partial charge is 0.407 e. The normalized spacial score (nSPS) is 16.9. The number of alkyl halides is 15. The van der Waals surface area contributed by atoms with E-state index in [0.717, 1.165) is 110 Å². The summed E-state index contributed by atoms with van der Waals surface area (Å²) in [5, 5.41) is 0. The molecule has 14 rings (SSSR count). The van der Waals surface area contributed by atoms with Gasteiger partial charge in [-0.2, -0.15) is 65.8 Å². The maximum absolute atomic E-state index is 14.5. The van der Waals surface area contributed by atoms with Crippen LogP contribution in [0, 0.1) is 48.5 Å². The zero-order valence-electron chi connectivity index (χ0n) is 75.8. The van der Waals surface area contributed by atoms with Gasteiger partial charge in [0.1, 0.15) is 27.6 Å². The van der Waals surface area contributed by atoms with Crippen LogP contribution in [-0.4, -0.2) is 186 Å². The van der Waals surface area contributed by atoms with Crippen LogP contribution in [0.4, 0.5) is 65.9 Å². The number of rotatable bonds is 19. The zero-order valence-corrected chi connectivity index (χ0v) is 85.6. The van der Waals surface area contributed by atoms with E-state index >= 15 is 0 Å². The first kappa shape index (κ1) is 105. The molecule has 0 spiro atoms.